The maximum atomic E-state index is 11.4. The first-order chi connectivity index (χ1) is 6.15. The van der Waals surface area contributed by atoms with Crippen molar-refractivity contribution in [3.8, 4) is 0 Å². The molecule has 0 aliphatic carbocycles. The van der Waals surface area contributed by atoms with Crippen molar-refractivity contribution >= 4 is 5.91 Å². The zero-order chi connectivity index (χ0) is 9.84. The van der Waals surface area contributed by atoms with E-state index in [0.29, 0.717) is 5.69 Å². The molecule has 0 bridgehead atoms. The van der Waals surface area contributed by atoms with Gasteiger partial charge < -0.3 is 5.32 Å². The van der Waals surface area contributed by atoms with Crippen LogP contribution in [0.1, 0.15) is 36.5 Å². The molecule has 0 spiro atoms. The average Bonchev–Trinajstić information content (AvgIpc) is 2.51. The van der Waals surface area contributed by atoms with E-state index in [1.54, 1.807) is 6.92 Å². The van der Waals surface area contributed by atoms with Crippen molar-refractivity contribution in [1.29, 1.82) is 0 Å². The summed E-state index contributed by atoms with van der Waals surface area (Å²) in [6, 6.07) is 0.142. The lowest BCUT2D eigenvalue weighted by Gasteiger charge is -2.08. The molecule has 5 nitrogen and oxygen atoms in total. The van der Waals surface area contributed by atoms with Crippen LogP contribution in [0.3, 0.4) is 0 Å². The van der Waals surface area contributed by atoms with Crippen LogP contribution in [-0.2, 0) is 0 Å². The van der Waals surface area contributed by atoms with Crippen molar-refractivity contribution in [2.75, 3.05) is 0 Å². The third-order valence-corrected chi connectivity index (χ3v) is 1.86. The SMILES string of the molecule is CCC(C)NC(=O)c1nonc1C. The van der Waals surface area contributed by atoms with Gasteiger partial charge in [-0.1, -0.05) is 12.1 Å². The largest absolute Gasteiger partial charge is 0.348 e. The molecule has 5 heteroatoms. The van der Waals surface area contributed by atoms with Crippen LogP contribution in [0.5, 0.6) is 0 Å². The van der Waals surface area contributed by atoms with Crippen LogP contribution in [0.4, 0.5) is 0 Å². The van der Waals surface area contributed by atoms with E-state index >= 15 is 0 Å². The van der Waals surface area contributed by atoms with Gasteiger partial charge in [-0.3, -0.25) is 4.79 Å². The number of carbonyl (C=O) groups is 1. The summed E-state index contributed by atoms with van der Waals surface area (Å²) < 4.78 is 4.42. The molecule has 1 heterocycles. The maximum Gasteiger partial charge on any atom is 0.275 e. The zero-order valence-corrected chi connectivity index (χ0v) is 8.00. The van der Waals surface area contributed by atoms with Gasteiger partial charge in [0.15, 0.2) is 5.69 Å². The van der Waals surface area contributed by atoms with Gasteiger partial charge in [-0.25, -0.2) is 4.63 Å². The van der Waals surface area contributed by atoms with Crippen molar-refractivity contribution < 1.29 is 9.42 Å². The van der Waals surface area contributed by atoms with Crippen LogP contribution in [0.25, 0.3) is 0 Å². The van der Waals surface area contributed by atoms with Crippen LogP contribution in [0.15, 0.2) is 4.63 Å². The molecule has 1 N–H and O–H groups in total. The highest BCUT2D eigenvalue weighted by Crippen LogP contribution is 2.01. The number of rotatable bonds is 3. The van der Waals surface area contributed by atoms with E-state index in [4.69, 9.17) is 0 Å². The van der Waals surface area contributed by atoms with Crippen LogP contribution in [-0.4, -0.2) is 22.3 Å². The molecule has 1 rings (SSSR count). The van der Waals surface area contributed by atoms with Crippen LogP contribution >= 0.6 is 0 Å². The Bertz CT molecular complexity index is 295. The molecular weight excluding hydrogens is 170 g/mol. The van der Waals surface area contributed by atoms with Gasteiger partial charge >= 0.3 is 0 Å². The second-order valence-electron chi connectivity index (χ2n) is 2.98. The van der Waals surface area contributed by atoms with E-state index in [0.717, 1.165) is 6.42 Å². The summed E-state index contributed by atoms with van der Waals surface area (Å²) in [6.07, 6.45) is 0.885. The predicted octanol–water partition coefficient (Wildman–Crippen LogP) is 0.906. The third kappa shape index (κ3) is 2.27. The Morgan fingerprint density at radius 1 is 1.62 bits per heavy atom. The topological polar surface area (TPSA) is 68.0 Å². The van der Waals surface area contributed by atoms with Crippen molar-refractivity contribution in [3.63, 3.8) is 0 Å². The normalized spacial score (nSPS) is 12.5. The molecular formula is C8H13N3O2. The van der Waals surface area contributed by atoms with E-state index in [2.05, 4.69) is 20.3 Å². The van der Waals surface area contributed by atoms with Crippen LogP contribution in [0, 0.1) is 6.92 Å². The van der Waals surface area contributed by atoms with Crippen molar-refractivity contribution in [2.24, 2.45) is 0 Å². The first kappa shape index (κ1) is 9.70. The lowest BCUT2D eigenvalue weighted by Crippen LogP contribution is -2.32. The molecule has 0 saturated heterocycles. The van der Waals surface area contributed by atoms with E-state index in [9.17, 15) is 4.79 Å². The molecule has 72 valence electrons. The first-order valence-corrected chi connectivity index (χ1v) is 4.25. The molecule has 0 radical (unpaired) electrons. The number of nitrogens with zero attached hydrogens (tertiary/aromatic N) is 2. The molecule has 0 aliphatic rings. The summed E-state index contributed by atoms with van der Waals surface area (Å²) in [5.41, 5.74) is 0.779. The van der Waals surface area contributed by atoms with Gasteiger partial charge in [-0.05, 0) is 25.4 Å². The van der Waals surface area contributed by atoms with Gasteiger partial charge in [-0.15, -0.1) is 0 Å². The lowest BCUT2D eigenvalue weighted by atomic mass is 10.2. The van der Waals surface area contributed by atoms with E-state index in [-0.39, 0.29) is 17.6 Å². The molecule has 1 aromatic heterocycles. The third-order valence-electron chi connectivity index (χ3n) is 1.86. The number of aromatic nitrogens is 2. The van der Waals surface area contributed by atoms with E-state index in [1.807, 2.05) is 13.8 Å². The lowest BCUT2D eigenvalue weighted by molar-refractivity contribution is 0.0929. The maximum absolute atomic E-state index is 11.4. The van der Waals surface area contributed by atoms with Gasteiger partial charge in [0, 0.05) is 6.04 Å². The summed E-state index contributed by atoms with van der Waals surface area (Å²) in [5, 5.41) is 9.80. The number of amides is 1. The summed E-state index contributed by atoms with van der Waals surface area (Å²) in [7, 11) is 0. The smallest absolute Gasteiger partial charge is 0.275 e. The van der Waals surface area contributed by atoms with Gasteiger partial charge in [-0.2, -0.15) is 0 Å². The van der Waals surface area contributed by atoms with Gasteiger partial charge in [0.25, 0.3) is 5.91 Å². The highest BCUT2D eigenvalue weighted by molar-refractivity contribution is 5.93. The number of aryl methyl sites for hydroxylation is 1. The molecule has 0 saturated carbocycles. The number of hydrogen-bond acceptors (Lipinski definition) is 4. The van der Waals surface area contributed by atoms with Crippen LogP contribution in [0.2, 0.25) is 0 Å². The summed E-state index contributed by atoms with van der Waals surface area (Å²) >= 11 is 0. The van der Waals surface area contributed by atoms with Gasteiger partial charge in [0.2, 0.25) is 0 Å². The Hall–Kier alpha value is -1.39. The Labute approximate surface area is 76.5 Å². The molecule has 1 atom stereocenters. The standard InChI is InChI=1S/C8H13N3O2/c1-4-5(2)9-8(12)7-6(3)10-13-11-7/h5H,4H2,1-3H3,(H,9,12). The highest BCUT2D eigenvalue weighted by Gasteiger charge is 2.15. The van der Waals surface area contributed by atoms with Crippen molar-refractivity contribution in [1.82, 2.24) is 15.6 Å². The summed E-state index contributed by atoms with van der Waals surface area (Å²) in [6.45, 7) is 5.61. The second kappa shape index (κ2) is 4.02. The molecule has 1 amide bonds. The monoisotopic (exact) mass is 183 g/mol. The second-order valence-corrected chi connectivity index (χ2v) is 2.98. The molecule has 0 aromatic carbocycles. The van der Waals surface area contributed by atoms with E-state index in [1.165, 1.54) is 0 Å². The fourth-order valence-corrected chi connectivity index (χ4v) is 0.832. The van der Waals surface area contributed by atoms with Crippen molar-refractivity contribution in [3.05, 3.63) is 11.4 Å². The van der Waals surface area contributed by atoms with Crippen LogP contribution < -0.4 is 5.32 Å². The summed E-state index contributed by atoms with van der Waals surface area (Å²) in [5.74, 6) is -0.229. The first-order valence-electron chi connectivity index (χ1n) is 4.25. The van der Waals surface area contributed by atoms with Gasteiger partial charge in [0.1, 0.15) is 5.69 Å². The Morgan fingerprint density at radius 3 is 2.77 bits per heavy atom. The van der Waals surface area contributed by atoms with Crippen molar-refractivity contribution in [2.45, 2.75) is 33.2 Å². The molecule has 0 aliphatic heterocycles. The fourth-order valence-electron chi connectivity index (χ4n) is 0.832. The number of nitrogens with one attached hydrogen (secondary N) is 1. The predicted molar refractivity (Wildman–Crippen MR) is 46.3 cm³/mol. The van der Waals surface area contributed by atoms with Gasteiger partial charge in [0.05, 0.1) is 0 Å². The molecule has 1 unspecified atom stereocenters. The quantitative estimate of drug-likeness (QED) is 0.756. The Balaban J connectivity index is 2.64. The minimum atomic E-state index is -0.229. The molecule has 1 aromatic rings. The Kier molecular flexibility index (Phi) is 3.00. The molecule has 0 fully saturated rings. The zero-order valence-electron chi connectivity index (χ0n) is 8.00. The highest BCUT2D eigenvalue weighted by atomic mass is 16.6. The molecule has 13 heavy (non-hydrogen) atoms. The minimum absolute atomic E-state index is 0.142. The average molecular weight is 183 g/mol. The Morgan fingerprint density at radius 2 is 2.31 bits per heavy atom. The number of hydrogen-bond donors (Lipinski definition) is 1. The minimum Gasteiger partial charge on any atom is -0.348 e. The fraction of sp³-hybridized carbons (Fsp3) is 0.625. The van der Waals surface area contributed by atoms with E-state index < -0.39 is 0 Å². The number of carbonyl (C=O) groups excluding carboxylic acids is 1. The summed E-state index contributed by atoms with van der Waals surface area (Å²) in [4.78, 5) is 11.4.